The molecule has 1 aromatic carbocycles. The van der Waals surface area contributed by atoms with Crippen LogP contribution < -0.4 is 5.32 Å². The summed E-state index contributed by atoms with van der Waals surface area (Å²) in [6, 6.07) is 4.97. The van der Waals surface area contributed by atoms with E-state index >= 15 is 0 Å². The fourth-order valence-electron chi connectivity index (χ4n) is 1.79. The van der Waals surface area contributed by atoms with E-state index in [9.17, 15) is 4.79 Å². The fraction of sp³-hybridized carbons (Fsp3) is 0.417. The average Bonchev–Trinajstić information content (AvgIpc) is 2.28. The first-order chi connectivity index (χ1) is 8.63. The van der Waals surface area contributed by atoms with E-state index in [2.05, 4.69) is 5.32 Å². The van der Waals surface area contributed by atoms with Crippen LogP contribution in [0.4, 0.5) is 5.69 Å². The number of carbonyl (C=O) groups excluding carboxylic acids is 1. The Morgan fingerprint density at radius 3 is 2.44 bits per heavy atom. The summed E-state index contributed by atoms with van der Waals surface area (Å²) in [5.41, 5.74) is 0.616. The number of nitrogens with one attached hydrogen (secondary N) is 1. The van der Waals surface area contributed by atoms with E-state index in [1.807, 2.05) is 4.90 Å². The highest BCUT2D eigenvalue weighted by Gasteiger charge is 2.14. The molecule has 1 aromatic rings. The summed E-state index contributed by atoms with van der Waals surface area (Å²) in [5.74, 6) is -0.0739. The Bertz CT molecular complexity index is 414. The maximum atomic E-state index is 11.8. The molecule has 1 heterocycles. The summed E-state index contributed by atoms with van der Waals surface area (Å²) >= 11 is 11.7. The van der Waals surface area contributed by atoms with Gasteiger partial charge in [0.2, 0.25) is 5.91 Å². The second kappa shape index (κ2) is 6.38. The number of hydrogen-bond acceptors (Lipinski definition) is 3. The van der Waals surface area contributed by atoms with Gasteiger partial charge in [0.1, 0.15) is 0 Å². The molecule has 98 valence electrons. The minimum absolute atomic E-state index is 0.0739. The standard InChI is InChI=1S/C12H14Cl2N2O2/c13-9-5-10(14)7-11(6-9)15-12(17)8-16-1-3-18-4-2-16/h5-7H,1-4,8H2,(H,15,17). The molecule has 2 rings (SSSR count). The van der Waals surface area contributed by atoms with Crippen molar-refractivity contribution in [1.82, 2.24) is 4.90 Å². The Labute approximate surface area is 116 Å². The molecule has 6 heteroatoms. The topological polar surface area (TPSA) is 41.6 Å². The molecule has 0 atom stereocenters. The lowest BCUT2D eigenvalue weighted by atomic mass is 10.3. The van der Waals surface area contributed by atoms with Crippen molar-refractivity contribution in [3.05, 3.63) is 28.2 Å². The SMILES string of the molecule is O=C(CN1CCOCC1)Nc1cc(Cl)cc(Cl)c1. The van der Waals surface area contributed by atoms with Crippen LogP contribution in [0.15, 0.2) is 18.2 Å². The number of benzene rings is 1. The quantitative estimate of drug-likeness (QED) is 0.928. The van der Waals surface area contributed by atoms with Gasteiger partial charge in [0.05, 0.1) is 19.8 Å². The van der Waals surface area contributed by atoms with Crippen molar-refractivity contribution in [2.45, 2.75) is 0 Å². The van der Waals surface area contributed by atoms with Crippen LogP contribution >= 0.6 is 23.2 Å². The van der Waals surface area contributed by atoms with Crippen molar-refractivity contribution >= 4 is 34.8 Å². The highest BCUT2D eigenvalue weighted by atomic mass is 35.5. The van der Waals surface area contributed by atoms with Crippen LogP contribution in [0.5, 0.6) is 0 Å². The molecule has 18 heavy (non-hydrogen) atoms. The van der Waals surface area contributed by atoms with Crippen molar-refractivity contribution in [3.8, 4) is 0 Å². The predicted molar refractivity (Wildman–Crippen MR) is 72.4 cm³/mol. The van der Waals surface area contributed by atoms with Crippen molar-refractivity contribution in [2.75, 3.05) is 38.2 Å². The second-order valence-electron chi connectivity index (χ2n) is 4.09. The van der Waals surface area contributed by atoms with Gasteiger partial charge in [-0.25, -0.2) is 0 Å². The van der Waals surface area contributed by atoms with E-state index in [1.165, 1.54) is 0 Å². The molecular weight excluding hydrogens is 275 g/mol. The first kappa shape index (κ1) is 13.6. The monoisotopic (exact) mass is 288 g/mol. The number of halogens is 2. The molecule has 0 spiro atoms. The smallest absolute Gasteiger partial charge is 0.238 e. The Hall–Kier alpha value is -0.810. The molecule has 0 bridgehead atoms. The summed E-state index contributed by atoms with van der Waals surface area (Å²) in [6.45, 7) is 3.27. The summed E-state index contributed by atoms with van der Waals surface area (Å²) in [5, 5.41) is 3.79. The molecule has 1 aliphatic heterocycles. The number of morpholine rings is 1. The number of ether oxygens (including phenoxy) is 1. The highest BCUT2D eigenvalue weighted by molar-refractivity contribution is 6.35. The molecule has 1 aliphatic rings. The number of carbonyl (C=O) groups is 1. The average molecular weight is 289 g/mol. The third kappa shape index (κ3) is 4.14. The van der Waals surface area contributed by atoms with Gasteiger partial charge >= 0.3 is 0 Å². The van der Waals surface area contributed by atoms with Gasteiger partial charge in [-0.2, -0.15) is 0 Å². The number of nitrogens with zero attached hydrogens (tertiary/aromatic N) is 1. The zero-order valence-electron chi connectivity index (χ0n) is 9.79. The summed E-state index contributed by atoms with van der Waals surface area (Å²) in [6.07, 6.45) is 0. The van der Waals surface area contributed by atoms with Crippen molar-refractivity contribution in [1.29, 1.82) is 0 Å². The van der Waals surface area contributed by atoms with E-state index < -0.39 is 0 Å². The maximum Gasteiger partial charge on any atom is 0.238 e. The van der Waals surface area contributed by atoms with E-state index in [0.717, 1.165) is 13.1 Å². The van der Waals surface area contributed by atoms with E-state index in [4.69, 9.17) is 27.9 Å². The van der Waals surface area contributed by atoms with Crippen LogP contribution in [0.2, 0.25) is 10.0 Å². The summed E-state index contributed by atoms with van der Waals surface area (Å²) in [4.78, 5) is 13.9. The lowest BCUT2D eigenvalue weighted by Gasteiger charge is -2.25. The van der Waals surface area contributed by atoms with Gasteiger partial charge in [0, 0.05) is 28.8 Å². The second-order valence-corrected chi connectivity index (χ2v) is 4.97. The Kier molecular flexibility index (Phi) is 4.83. The number of hydrogen-bond donors (Lipinski definition) is 1. The minimum atomic E-state index is -0.0739. The minimum Gasteiger partial charge on any atom is -0.379 e. The lowest BCUT2D eigenvalue weighted by molar-refractivity contribution is -0.118. The fourth-order valence-corrected chi connectivity index (χ4v) is 2.31. The summed E-state index contributed by atoms with van der Waals surface area (Å²) < 4.78 is 5.22. The molecule has 4 nitrogen and oxygen atoms in total. The first-order valence-electron chi connectivity index (χ1n) is 5.69. The Morgan fingerprint density at radius 1 is 1.22 bits per heavy atom. The molecule has 1 N–H and O–H groups in total. The zero-order chi connectivity index (χ0) is 13.0. The van der Waals surface area contributed by atoms with Gasteiger partial charge in [-0.1, -0.05) is 23.2 Å². The number of amides is 1. The van der Waals surface area contributed by atoms with Crippen LogP contribution in [-0.4, -0.2) is 43.7 Å². The predicted octanol–water partition coefficient (Wildman–Crippen LogP) is 2.26. The molecule has 0 unspecified atom stereocenters. The van der Waals surface area contributed by atoms with Gasteiger partial charge in [-0.15, -0.1) is 0 Å². The van der Waals surface area contributed by atoms with Gasteiger partial charge in [0.15, 0.2) is 0 Å². The van der Waals surface area contributed by atoms with Crippen molar-refractivity contribution < 1.29 is 9.53 Å². The third-order valence-electron chi connectivity index (χ3n) is 2.62. The zero-order valence-corrected chi connectivity index (χ0v) is 11.3. The Morgan fingerprint density at radius 2 is 1.83 bits per heavy atom. The third-order valence-corrected chi connectivity index (χ3v) is 3.05. The molecule has 1 fully saturated rings. The van der Waals surface area contributed by atoms with E-state index in [0.29, 0.717) is 35.5 Å². The first-order valence-corrected chi connectivity index (χ1v) is 6.45. The van der Waals surface area contributed by atoms with Crippen LogP contribution in [-0.2, 0) is 9.53 Å². The van der Waals surface area contributed by atoms with Gasteiger partial charge < -0.3 is 10.1 Å². The van der Waals surface area contributed by atoms with Gasteiger partial charge in [0.25, 0.3) is 0 Å². The van der Waals surface area contributed by atoms with Crippen molar-refractivity contribution in [3.63, 3.8) is 0 Å². The van der Waals surface area contributed by atoms with Crippen LogP contribution in [0.3, 0.4) is 0 Å². The largest absolute Gasteiger partial charge is 0.379 e. The molecule has 1 amide bonds. The lowest BCUT2D eigenvalue weighted by Crippen LogP contribution is -2.41. The molecule has 0 radical (unpaired) electrons. The number of anilines is 1. The van der Waals surface area contributed by atoms with Crippen LogP contribution in [0.25, 0.3) is 0 Å². The van der Waals surface area contributed by atoms with E-state index in [1.54, 1.807) is 18.2 Å². The molecule has 0 aliphatic carbocycles. The van der Waals surface area contributed by atoms with Crippen LogP contribution in [0.1, 0.15) is 0 Å². The molecule has 1 saturated heterocycles. The highest BCUT2D eigenvalue weighted by Crippen LogP contribution is 2.22. The Balaban J connectivity index is 1.89. The molecule has 0 aromatic heterocycles. The molecule has 0 saturated carbocycles. The number of rotatable bonds is 3. The van der Waals surface area contributed by atoms with Gasteiger partial charge in [-0.3, -0.25) is 9.69 Å². The van der Waals surface area contributed by atoms with Crippen molar-refractivity contribution in [2.24, 2.45) is 0 Å². The normalized spacial score (nSPS) is 16.6. The van der Waals surface area contributed by atoms with Gasteiger partial charge in [-0.05, 0) is 18.2 Å². The van der Waals surface area contributed by atoms with Crippen LogP contribution in [0, 0.1) is 0 Å². The van der Waals surface area contributed by atoms with E-state index in [-0.39, 0.29) is 5.91 Å². The maximum absolute atomic E-state index is 11.8. The molecular formula is C12H14Cl2N2O2. The summed E-state index contributed by atoms with van der Waals surface area (Å²) in [7, 11) is 0.